The number of carbonyl (C=O) groups excluding carboxylic acids is 6. The fraction of sp³-hybridized carbons (Fsp3) is 0.114. The fourth-order valence-electron chi connectivity index (χ4n) is 5.68. The topological polar surface area (TPSA) is 133 Å². The molecule has 0 saturated heterocycles. The van der Waals surface area contributed by atoms with Crippen LogP contribution < -0.4 is 10.6 Å². The number of hydrogen-bond acceptors (Lipinski definition) is 7. The average molecular weight is 631 g/mol. The Morgan fingerprint density at radius 2 is 0.783 bits per heavy atom. The van der Waals surface area contributed by atoms with Crippen molar-refractivity contribution in [2.24, 2.45) is 0 Å². The third-order valence-corrected chi connectivity index (χ3v) is 8.10. The van der Waals surface area contributed by atoms with Gasteiger partial charge in [0.1, 0.15) is 12.1 Å². The predicted molar refractivity (Wildman–Crippen MR) is 171 cm³/mol. The number of benzene rings is 4. The van der Waals surface area contributed by atoms with Crippen LogP contribution in [0.3, 0.4) is 0 Å². The van der Waals surface area contributed by atoms with Gasteiger partial charge in [-0.2, -0.15) is 0 Å². The zero-order valence-electron chi connectivity index (χ0n) is 24.2. The van der Waals surface area contributed by atoms with Crippen LogP contribution in [0.1, 0.15) is 52.6 Å². The summed E-state index contributed by atoms with van der Waals surface area (Å²) < 4.78 is 0. The molecule has 4 aromatic rings. The Bertz CT molecular complexity index is 1710. The maximum atomic E-state index is 13.7. The van der Waals surface area contributed by atoms with Gasteiger partial charge in [-0.25, -0.2) is 0 Å². The van der Waals surface area contributed by atoms with Gasteiger partial charge in [0.05, 0.1) is 22.3 Å². The predicted octanol–water partition coefficient (Wildman–Crippen LogP) is 3.32. The normalized spacial score (nSPS) is 14.9. The minimum atomic E-state index is -1.30. The SMILES string of the molecule is O=C(NC(=S)NC(=O)[C@H](Cc1ccccc1)N1C(=O)c2ccccc2C1=O)[C@@H](Cc1ccccc1)N1C(=O)c2ccccc2C1=O. The molecule has 4 aromatic carbocycles. The molecular weight excluding hydrogens is 604 g/mol. The van der Waals surface area contributed by atoms with Crippen molar-refractivity contribution in [3.63, 3.8) is 0 Å². The van der Waals surface area contributed by atoms with Crippen LogP contribution in [0.15, 0.2) is 109 Å². The molecule has 0 fully saturated rings. The zero-order chi connectivity index (χ0) is 32.4. The Kier molecular flexibility index (Phi) is 8.32. The van der Waals surface area contributed by atoms with Gasteiger partial charge in [-0.1, -0.05) is 84.9 Å². The number of nitrogens with zero attached hydrogens (tertiary/aromatic N) is 2. The second-order valence-electron chi connectivity index (χ2n) is 10.8. The molecule has 2 aliphatic rings. The highest BCUT2D eigenvalue weighted by atomic mass is 32.1. The Labute approximate surface area is 269 Å². The lowest BCUT2D eigenvalue weighted by Crippen LogP contribution is -2.57. The molecule has 0 radical (unpaired) electrons. The molecule has 0 saturated carbocycles. The molecule has 10 nitrogen and oxygen atoms in total. The number of amides is 6. The van der Waals surface area contributed by atoms with E-state index in [0.29, 0.717) is 11.1 Å². The van der Waals surface area contributed by atoms with Gasteiger partial charge >= 0.3 is 0 Å². The molecule has 2 aliphatic heterocycles. The van der Waals surface area contributed by atoms with E-state index in [1.807, 2.05) is 0 Å². The number of carbonyl (C=O) groups is 6. The van der Waals surface area contributed by atoms with Crippen LogP contribution in [0.25, 0.3) is 0 Å². The van der Waals surface area contributed by atoms with Crippen molar-refractivity contribution in [3.8, 4) is 0 Å². The Balaban J connectivity index is 1.23. The van der Waals surface area contributed by atoms with Crippen LogP contribution in [-0.2, 0) is 22.4 Å². The summed E-state index contributed by atoms with van der Waals surface area (Å²) in [6.45, 7) is 0. The number of rotatable bonds is 8. The minimum Gasteiger partial charge on any atom is -0.301 e. The molecule has 46 heavy (non-hydrogen) atoms. The van der Waals surface area contributed by atoms with Crippen molar-refractivity contribution < 1.29 is 28.8 Å². The van der Waals surface area contributed by atoms with Crippen LogP contribution in [0.2, 0.25) is 0 Å². The van der Waals surface area contributed by atoms with Crippen LogP contribution >= 0.6 is 12.2 Å². The molecule has 0 bridgehead atoms. The van der Waals surface area contributed by atoms with Crippen molar-refractivity contribution >= 4 is 52.8 Å². The first-order valence-electron chi connectivity index (χ1n) is 14.4. The number of imide groups is 2. The molecule has 2 atom stereocenters. The second-order valence-corrected chi connectivity index (χ2v) is 11.2. The van der Waals surface area contributed by atoms with E-state index < -0.39 is 52.6 Å². The first kappa shape index (κ1) is 30.2. The second kappa shape index (κ2) is 12.7. The van der Waals surface area contributed by atoms with Crippen molar-refractivity contribution in [1.29, 1.82) is 0 Å². The Morgan fingerprint density at radius 3 is 1.09 bits per heavy atom. The summed E-state index contributed by atoms with van der Waals surface area (Å²) in [4.78, 5) is 82.5. The molecule has 2 heterocycles. The van der Waals surface area contributed by atoms with Gasteiger partial charge in [0.25, 0.3) is 23.6 Å². The van der Waals surface area contributed by atoms with Gasteiger partial charge in [-0.3, -0.25) is 38.6 Å². The van der Waals surface area contributed by atoms with Gasteiger partial charge < -0.3 is 10.6 Å². The third-order valence-electron chi connectivity index (χ3n) is 7.90. The molecular formula is C35H26N4O6S. The minimum absolute atomic E-state index is 0.0135. The van der Waals surface area contributed by atoms with E-state index in [4.69, 9.17) is 12.2 Å². The van der Waals surface area contributed by atoms with E-state index in [1.165, 1.54) is 24.3 Å². The van der Waals surface area contributed by atoms with Gasteiger partial charge in [-0.05, 0) is 47.6 Å². The zero-order valence-corrected chi connectivity index (χ0v) is 25.0. The summed E-state index contributed by atoms with van der Waals surface area (Å²) in [6.07, 6.45) is -0.0270. The van der Waals surface area contributed by atoms with E-state index >= 15 is 0 Å². The van der Waals surface area contributed by atoms with Crippen molar-refractivity contribution in [2.75, 3.05) is 0 Å². The Morgan fingerprint density at radius 1 is 0.500 bits per heavy atom. The lowest BCUT2D eigenvalue weighted by Gasteiger charge is -2.27. The van der Waals surface area contributed by atoms with E-state index in [1.54, 1.807) is 84.9 Å². The lowest BCUT2D eigenvalue weighted by molar-refractivity contribution is -0.124. The van der Waals surface area contributed by atoms with Crippen molar-refractivity contribution in [2.45, 2.75) is 24.9 Å². The van der Waals surface area contributed by atoms with Crippen molar-refractivity contribution in [3.05, 3.63) is 143 Å². The molecule has 0 spiro atoms. The van der Waals surface area contributed by atoms with E-state index in [9.17, 15) is 28.8 Å². The molecule has 2 N–H and O–H groups in total. The summed E-state index contributed by atoms with van der Waals surface area (Å²) in [6, 6.07) is 27.7. The van der Waals surface area contributed by atoms with Crippen LogP contribution in [0.5, 0.6) is 0 Å². The van der Waals surface area contributed by atoms with Gasteiger partial charge in [0.2, 0.25) is 11.8 Å². The molecule has 11 heteroatoms. The number of hydrogen-bond donors (Lipinski definition) is 2. The molecule has 6 rings (SSSR count). The summed E-state index contributed by atoms with van der Waals surface area (Å²) in [7, 11) is 0. The lowest BCUT2D eigenvalue weighted by atomic mass is 10.0. The number of fused-ring (bicyclic) bond motifs is 2. The fourth-order valence-corrected chi connectivity index (χ4v) is 5.88. The summed E-state index contributed by atoms with van der Waals surface area (Å²) in [5, 5.41) is 4.48. The number of nitrogens with one attached hydrogen (secondary N) is 2. The standard InChI is InChI=1S/C35H26N4O6S/c40-29(27(19-21-11-3-1-4-12-21)38-31(42)23-15-7-8-16-24(23)32(38)43)36-35(46)37-30(41)28(20-22-13-5-2-6-14-22)39-33(44)25-17-9-10-18-26(25)34(39)45/h1-18,27-28H,19-20H2,(H2,36,37,40,41,46)/t27-,28+. The highest BCUT2D eigenvalue weighted by Crippen LogP contribution is 2.27. The Hall–Kier alpha value is -5.81. The quantitative estimate of drug-likeness (QED) is 0.226. The average Bonchev–Trinajstić information content (AvgIpc) is 3.47. The summed E-state index contributed by atoms with van der Waals surface area (Å²) in [5.41, 5.74) is 2.08. The summed E-state index contributed by atoms with van der Waals surface area (Å²) in [5.74, 6) is -4.10. The van der Waals surface area contributed by atoms with Crippen molar-refractivity contribution in [1.82, 2.24) is 20.4 Å². The highest BCUT2D eigenvalue weighted by Gasteiger charge is 2.44. The highest BCUT2D eigenvalue weighted by molar-refractivity contribution is 7.80. The molecule has 0 aromatic heterocycles. The molecule has 228 valence electrons. The smallest absolute Gasteiger partial charge is 0.262 e. The van der Waals surface area contributed by atoms with Gasteiger partial charge in [0, 0.05) is 12.8 Å². The van der Waals surface area contributed by atoms with Crippen LogP contribution in [0.4, 0.5) is 0 Å². The van der Waals surface area contributed by atoms with Crippen LogP contribution in [-0.4, -0.2) is 62.4 Å². The first-order valence-corrected chi connectivity index (χ1v) is 14.8. The first-order chi connectivity index (χ1) is 22.2. The number of thiocarbonyl (C=S) groups is 1. The largest absolute Gasteiger partial charge is 0.301 e. The third kappa shape index (κ3) is 5.71. The van der Waals surface area contributed by atoms with Crippen LogP contribution in [0, 0.1) is 0 Å². The molecule has 6 amide bonds. The monoisotopic (exact) mass is 630 g/mol. The van der Waals surface area contributed by atoms with E-state index in [0.717, 1.165) is 9.80 Å². The van der Waals surface area contributed by atoms with E-state index in [-0.39, 0.29) is 35.1 Å². The maximum Gasteiger partial charge on any atom is 0.262 e. The summed E-state index contributed by atoms with van der Waals surface area (Å²) >= 11 is 5.34. The molecule has 0 unspecified atom stereocenters. The van der Waals surface area contributed by atoms with E-state index in [2.05, 4.69) is 10.6 Å². The molecule has 0 aliphatic carbocycles. The van der Waals surface area contributed by atoms with Gasteiger partial charge in [-0.15, -0.1) is 0 Å². The maximum absolute atomic E-state index is 13.7. The van der Waals surface area contributed by atoms with Gasteiger partial charge in [0.15, 0.2) is 5.11 Å².